The highest BCUT2D eigenvalue weighted by molar-refractivity contribution is 5.34. The van der Waals surface area contributed by atoms with Crippen molar-refractivity contribution in [3.63, 3.8) is 0 Å². The molecular formula is C15H16F3NO. The van der Waals surface area contributed by atoms with Crippen molar-refractivity contribution < 1.29 is 18.3 Å². The highest BCUT2D eigenvalue weighted by atomic mass is 19.4. The van der Waals surface area contributed by atoms with Crippen molar-refractivity contribution in [1.82, 2.24) is 0 Å². The molecule has 0 radical (unpaired) electrons. The molecule has 0 amide bonds. The third-order valence-corrected chi connectivity index (χ3v) is 4.10. The number of hydrogen-bond donors (Lipinski definition) is 1. The summed E-state index contributed by atoms with van der Waals surface area (Å²) in [6, 6.07) is 7.02. The number of benzene rings is 1. The second kappa shape index (κ2) is 5.10. The van der Waals surface area contributed by atoms with Crippen LogP contribution < -0.4 is 0 Å². The minimum absolute atomic E-state index is 0.198. The van der Waals surface area contributed by atoms with E-state index in [-0.39, 0.29) is 11.5 Å². The summed E-state index contributed by atoms with van der Waals surface area (Å²) in [4.78, 5) is 0. The summed E-state index contributed by atoms with van der Waals surface area (Å²) in [6.07, 6.45) is -4.33. The Labute approximate surface area is 115 Å². The number of hydrogen-bond acceptors (Lipinski definition) is 2. The van der Waals surface area contributed by atoms with Crippen molar-refractivity contribution in [2.75, 3.05) is 0 Å². The number of aliphatic hydroxyl groups excluding tert-OH is 1. The Morgan fingerprint density at radius 1 is 1.40 bits per heavy atom. The van der Waals surface area contributed by atoms with E-state index in [0.29, 0.717) is 12.8 Å². The molecule has 20 heavy (non-hydrogen) atoms. The average molecular weight is 283 g/mol. The summed E-state index contributed by atoms with van der Waals surface area (Å²) in [5.41, 5.74) is -2.17. The lowest BCUT2D eigenvalue weighted by Gasteiger charge is -2.29. The van der Waals surface area contributed by atoms with Crippen LogP contribution in [0.1, 0.15) is 43.4 Å². The Morgan fingerprint density at radius 2 is 2.05 bits per heavy atom. The van der Waals surface area contributed by atoms with E-state index < -0.39 is 23.3 Å². The number of nitrogens with zero attached hydrogens (tertiary/aromatic N) is 1. The molecule has 2 nitrogen and oxygen atoms in total. The summed E-state index contributed by atoms with van der Waals surface area (Å²) < 4.78 is 39.0. The van der Waals surface area contributed by atoms with Gasteiger partial charge in [0.05, 0.1) is 23.2 Å². The highest BCUT2D eigenvalue weighted by Crippen LogP contribution is 2.51. The van der Waals surface area contributed by atoms with Crippen LogP contribution in [0.3, 0.4) is 0 Å². The SMILES string of the molecule is CC1CCC(C#N)(C(O)c2ccccc2C(F)(F)F)C1. The van der Waals surface area contributed by atoms with Gasteiger partial charge >= 0.3 is 6.18 Å². The molecule has 0 aromatic heterocycles. The molecule has 1 aliphatic carbocycles. The predicted molar refractivity (Wildman–Crippen MR) is 67.5 cm³/mol. The maximum absolute atomic E-state index is 13.0. The number of nitriles is 1. The molecule has 2 rings (SSSR count). The molecule has 1 N–H and O–H groups in total. The van der Waals surface area contributed by atoms with Gasteiger partial charge in [0.15, 0.2) is 0 Å². The van der Waals surface area contributed by atoms with Gasteiger partial charge in [-0.3, -0.25) is 0 Å². The molecule has 0 spiro atoms. The summed E-state index contributed by atoms with van der Waals surface area (Å²) in [6.45, 7) is 1.95. The lowest BCUT2D eigenvalue weighted by atomic mass is 9.77. The van der Waals surface area contributed by atoms with Crippen LogP contribution in [0.2, 0.25) is 0 Å². The minimum atomic E-state index is -4.53. The Bertz CT molecular complexity index is 535. The van der Waals surface area contributed by atoms with Crippen molar-refractivity contribution in [2.45, 2.75) is 38.5 Å². The van der Waals surface area contributed by atoms with Crippen LogP contribution in [-0.4, -0.2) is 5.11 Å². The minimum Gasteiger partial charge on any atom is -0.387 e. The van der Waals surface area contributed by atoms with Crippen molar-refractivity contribution in [3.05, 3.63) is 35.4 Å². The first-order valence-electron chi connectivity index (χ1n) is 6.55. The molecule has 0 heterocycles. The monoisotopic (exact) mass is 283 g/mol. The first kappa shape index (κ1) is 14.9. The summed E-state index contributed by atoms with van der Waals surface area (Å²) in [5.74, 6) is 0.238. The van der Waals surface area contributed by atoms with Crippen LogP contribution in [0.25, 0.3) is 0 Å². The first-order chi connectivity index (χ1) is 9.30. The zero-order valence-corrected chi connectivity index (χ0v) is 11.1. The van der Waals surface area contributed by atoms with Gasteiger partial charge in [-0.25, -0.2) is 0 Å². The Balaban J connectivity index is 2.44. The van der Waals surface area contributed by atoms with Crippen LogP contribution in [-0.2, 0) is 6.18 Å². The predicted octanol–water partition coefficient (Wildman–Crippen LogP) is 4.07. The second-order valence-electron chi connectivity index (χ2n) is 5.60. The Morgan fingerprint density at radius 3 is 2.55 bits per heavy atom. The lowest BCUT2D eigenvalue weighted by molar-refractivity contribution is -0.139. The molecular weight excluding hydrogens is 267 g/mol. The molecule has 0 bridgehead atoms. The topological polar surface area (TPSA) is 44.0 Å². The van der Waals surface area contributed by atoms with Crippen LogP contribution in [0.4, 0.5) is 13.2 Å². The van der Waals surface area contributed by atoms with E-state index in [9.17, 15) is 23.5 Å². The van der Waals surface area contributed by atoms with Crippen molar-refractivity contribution in [1.29, 1.82) is 5.26 Å². The van der Waals surface area contributed by atoms with E-state index in [4.69, 9.17) is 0 Å². The van der Waals surface area contributed by atoms with E-state index in [1.807, 2.05) is 6.92 Å². The fourth-order valence-electron chi connectivity index (χ4n) is 3.03. The van der Waals surface area contributed by atoms with Gasteiger partial charge in [-0.05, 0) is 36.8 Å². The third-order valence-electron chi connectivity index (χ3n) is 4.10. The van der Waals surface area contributed by atoms with Gasteiger partial charge in [-0.2, -0.15) is 18.4 Å². The van der Waals surface area contributed by atoms with Gasteiger partial charge in [0.25, 0.3) is 0 Å². The number of alkyl halides is 3. The molecule has 0 saturated heterocycles. The zero-order chi connectivity index (χ0) is 15.0. The van der Waals surface area contributed by atoms with Gasteiger partial charge < -0.3 is 5.11 Å². The number of rotatable bonds is 2. The molecule has 1 aliphatic rings. The standard InChI is InChI=1S/C15H16F3NO/c1-10-6-7-14(8-10,9-19)13(20)11-4-2-3-5-12(11)15(16,17)18/h2-5,10,13,20H,6-8H2,1H3. The van der Waals surface area contributed by atoms with E-state index in [0.717, 1.165) is 12.5 Å². The quantitative estimate of drug-likeness (QED) is 0.889. The molecule has 0 aliphatic heterocycles. The fraction of sp³-hybridized carbons (Fsp3) is 0.533. The van der Waals surface area contributed by atoms with Crippen molar-refractivity contribution in [3.8, 4) is 6.07 Å². The van der Waals surface area contributed by atoms with Crippen molar-refractivity contribution >= 4 is 0 Å². The van der Waals surface area contributed by atoms with Gasteiger partial charge in [0.1, 0.15) is 0 Å². The van der Waals surface area contributed by atoms with E-state index in [1.54, 1.807) is 0 Å². The van der Waals surface area contributed by atoms with Crippen LogP contribution in [0, 0.1) is 22.7 Å². The molecule has 108 valence electrons. The van der Waals surface area contributed by atoms with Gasteiger partial charge in [0.2, 0.25) is 0 Å². The molecule has 3 atom stereocenters. The van der Waals surface area contributed by atoms with Crippen LogP contribution in [0.5, 0.6) is 0 Å². The maximum atomic E-state index is 13.0. The van der Waals surface area contributed by atoms with Crippen LogP contribution in [0.15, 0.2) is 24.3 Å². The molecule has 1 saturated carbocycles. The lowest BCUT2D eigenvalue weighted by Crippen LogP contribution is -2.26. The first-order valence-corrected chi connectivity index (χ1v) is 6.55. The zero-order valence-electron chi connectivity index (χ0n) is 11.1. The van der Waals surface area contributed by atoms with E-state index >= 15 is 0 Å². The molecule has 3 unspecified atom stereocenters. The van der Waals surface area contributed by atoms with E-state index in [1.165, 1.54) is 18.2 Å². The van der Waals surface area contributed by atoms with Crippen molar-refractivity contribution in [2.24, 2.45) is 11.3 Å². The second-order valence-corrected chi connectivity index (χ2v) is 5.60. The van der Waals surface area contributed by atoms with Gasteiger partial charge in [0, 0.05) is 0 Å². The molecule has 1 aromatic carbocycles. The Kier molecular flexibility index (Phi) is 3.79. The van der Waals surface area contributed by atoms with E-state index in [2.05, 4.69) is 6.07 Å². The van der Waals surface area contributed by atoms with Crippen LogP contribution >= 0.6 is 0 Å². The number of aliphatic hydroxyl groups is 1. The molecule has 1 aromatic rings. The summed E-state index contributed by atoms with van der Waals surface area (Å²) in [7, 11) is 0. The Hall–Kier alpha value is -1.54. The van der Waals surface area contributed by atoms with Gasteiger partial charge in [-0.1, -0.05) is 25.1 Å². The number of halogens is 3. The highest BCUT2D eigenvalue weighted by Gasteiger charge is 2.47. The van der Waals surface area contributed by atoms with Gasteiger partial charge in [-0.15, -0.1) is 0 Å². The maximum Gasteiger partial charge on any atom is 0.416 e. The third kappa shape index (κ3) is 2.53. The largest absolute Gasteiger partial charge is 0.416 e. The normalized spacial score (nSPS) is 28.1. The fourth-order valence-corrected chi connectivity index (χ4v) is 3.03. The molecule has 5 heteroatoms. The summed E-state index contributed by atoms with van der Waals surface area (Å²) >= 11 is 0. The molecule has 1 fully saturated rings. The smallest absolute Gasteiger partial charge is 0.387 e. The summed E-state index contributed by atoms with van der Waals surface area (Å²) in [5, 5.41) is 19.8. The average Bonchev–Trinajstić information content (AvgIpc) is 2.80.